The summed E-state index contributed by atoms with van der Waals surface area (Å²) >= 11 is 12.1. The van der Waals surface area contributed by atoms with Crippen molar-refractivity contribution in [2.75, 3.05) is 5.32 Å². The Bertz CT molecular complexity index is 1040. The first-order valence-electron chi connectivity index (χ1n) is 7.87. The molecule has 5 nitrogen and oxygen atoms in total. The number of carbonyl (C=O) groups excluding carboxylic acids is 2. The van der Waals surface area contributed by atoms with Crippen molar-refractivity contribution < 1.29 is 14.0 Å². The van der Waals surface area contributed by atoms with Gasteiger partial charge in [0.2, 0.25) is 5.91 Å². The molecule has 0 fully saturated rings. The quantitative estimate of drug-likeness (QED) is 0.590. The second-order valence-corrected chi connectivity index (χ2v) is 6.40. The van der Waals surface area contributed by atoms with Gasteiger partial charge in [0.25, 0.3) is 5.91 Å². The van der Waals surface area contributed by atoms with E-state index in [4.69, 9.17) is 33.4 Å². The maximum atomic E-state index is 12.1. The molecule has 0 unspecified atom stereocenters. The van der Waals surface area contributed by atoms with Crippen molar-refractivity contribution in [2.24, 2.45) is 5.73 Å². The van der Waals surface area contributed by atoms with Gasteiger partial charge in [-0.2, -0.15) is 0 Å². The zero-order valence-electron chi connectivity index (χ0n) is 13.9. The van der Waals surface area contributed by atoms with Gasteiger partial charge in [-0.1, -0.05) is 35.3 Å². The van der Waals surface area contributed by atoms with Gasteiger partial charge in [-0.15, -0.1) is 0 Å². The first-order chi connectivity index (χ1) is 12.9. The number of amides is 2. The van der Waals surface area contributed by atoms with Gasteiger partial charge in [-0.05, 0) is 48.5 Å². The SMILES string of the molecule is NC(=O)c1ccccc1NC(=O)/C=C/c1ccc(-c2ccc(Cl)cc2Cl)o1. The van der Waals surface area contributed by atoms with Gasteiger partial charge >= 0.3 is 0 Å². The predicted molar refractivity (Wildman–Crippen MR) is 107 cm³/mol. The number of furan rings is 1. The van der Waals surface area contributed by atoms with E-state index in [2.05, 4.69) is 5.32 Å². The van der Waals surface area contributed by atoms with Crippen molar-refractivity contribution in [3.05, 3.63) is 82.0 Å². The van der Waals surface area contributed by atoms with Crippen LogP contribution >= 0.6 is 23.2 Å². The molecule has 0 saturated carbocycles. The number of para-hydroxylation sites is 1. The number of hydrogen-bond acceptors (Lipinski definition) is 3. The van der Waals surface area contributed by atoms with Gasteiger partial charge in [0.05, 0.1) is 16.3 Å². The summed E-state index contributed by atoms with van der Waals surface area (Å²) in [4.78, 5) is 23.5. The molecule has 0 atom stereocenters. The second kappa shape index (κ2) is 8.12. The van der Waals surface area contributed by atoms with Crippen LogP contribution in [0.5, 0.6) is 0 Å². The van der Waals surface area contributed by atoms with Crippen LogP contribution < -0.4 is 11.1 Å². The zero-order valence-corrected chi connectivity index (χ0v) is 15.4. The Kier molecular flexibility index (Phi) is 5.64. The van der Waals surface area contributed by atoms with Crippen molar-refractivity contribution >= 4 is 46.8 Å². The molecule has 0 aliphatic carbocycles. The summed E-state index contributed by atoms with van der Waals surface area (Å²) in [6.07, 6.45) is 2.80. The number of nitrogens with one attached hydrogen (secondary N) is 1. The molecule has 0 aliphatic heterocycles. The Balaban J connectivity index is 1.73. The van der Waals surface area contributed by atoms with E-state index in [1.807, 2.05) is 0 Å². The van der Waals surface area contributed by atoms with Crippen molar-refractivity contribution in [2.45, 2.75) is 0 Å². The molecular weight excluding hydrogens is 387 g/mol. The maximum Gasteiger partial charge on any atom is 0.250 e. The van der Waals surface area contributed by atoms with Crippen molar-refractivity contribution in [1.29, 1.82) is 0 Å². The van der Waals surface area contributed by atoms with Gasteiger partial charge in [-0.25, -0.2) is 0 Å². The molecule has 2 amide bonds. The lowest BCUT2D eigenvalue weighted by molar-refractivity contribution is -0.111. The van der Waals surface area contributed by atoms with Crippen molar-refractivity contribution in [3.63, 3.8) is 0 Å². The highest BCUT2D eigenvalue weighted by Crippen LogP contribution is 2.31. The fourth-order valence-electron chi connectivity index (χ4n) is 2.42. The molecule has 2 aromatic carbocycles. The molecule has 3 rings (SSSR count). The normalized spacial score (nSPS) is 10.9. The molecule has 0 radical (unpaired) electrons. The number of nitrogens with two attached hydrogens (primary N) is 1. The number of halogens is 2. The van der Waals surface area contributed by atoms with Crippen molar-refractivity contribution in [3.8, 4) is 11.3 Å². The lowest BCUT2D eigenvalue weighted by Crippen LogP contribution is -2.16. The fourth-order valence-corrected chi connectivity index (χ4v) is 2.92. The van der Waals surface area contributed by atoms with Crippen LogP contribution in [0.25, 0.3) is 17.4 Å². The van der Waals surface area contributed by atoms with E-state index in [0.717, 1.165) is 0 Å². The van der Waals surface area contributed by atoms with Crippen LogP contribution in [0.1, 0.15) is 16.1 Å². The molecule has 7 heteroatoms. The average Bonchev–Trinajstić information content (AvgIpc) is 3.09. The summed E-state index contributed by atoms with van der Waals surface area (Å²) in [6.45, 7) is 0. The second-order valence-electron chi connectivity index (χ2n) is 5.56. The van der Waals surface area contributed by atoms with Gasteiger partial charge in [0, 0.05) is 16.7 Å². The summed E-state index contributed by atoms with van der Waals surface area (Å²) in [6, 6.07) is 15.0. The molecule has 0 spiro atoms. The van der Waals surface area contributed by atoms with Gasteiger partial charge in [0.15, 0.2) is 0 Å². The molecule has 136 valence electrons. The predicted octanol–water partition coefficient (Wildman–Crippen LogP) is 5.00. The first-order valence-corrected chi connectivity index (χ1v) is 8.63. The summed E-state index contributed by atoms with van der Waals surface area (Å²) in [5, 5.41) is 3.61. The summed E-state index contributed by atoms with van der Waals surface area (Å²) in [5.41, 5.74) is 6.56. The minimum atomic E-state index is -0.620. The van der Waals surface area contributed by atoms with E-state index in [9.17, 15) is 9.59 Å². The largest absolute Gasteiger partial charge is 0.457 e. The Labute approximate surface area is 165 Å². The van der Waals surface area contributed by atoms with E-state index < -0.39 is 11.8 Å². The van der Waals surface area contributed by atoms with Crippen LogP contribution in [0.15, 0.2) is 65.1 Å². The molecular formula is C20H14Cl2N2O3. The third kappa shape index (κ3) is 4.58. The first kappa shape index (κ1) is 18.8. The number of anilines is 1. The topological polar surface area (TPSA) is 85.3 Å². The Hall–Kier alpha value is -3.02. The summed E-state index contributed by atoms with van der Waals surface area (Å²) in [7, 11) is 0. The van der Waals surface area contributed by atoms with Crippen LogP contribution in [-0.4, -0.2) is 11.8 Å². The number of rotatable bonds is 5. The van der Waals surface area contributed by atoms with Crippen LogP contribution in [0.3, 0.4) is 0 Å². The molecule has 0 aliphatic rings. The number of primary amides is 1. The van der Waals surface area contributed by atoms with E-state index in [0.29, 0.717) is 32.8 Å². The molecule has 3 aromatic rings. The third-order valence-corrected chi connectivity index (χ3v) is 4.22. The fraction of sp³-hybridized carbons (Fsp3) is 0. The Morgan fingerprint density at radius 3 is 2.56 bits per heavy atom. The highest BCUT2D eigenvalue weighted by atomic mass is 35.5. The minimum Gasteiger partial charge on any atom is -0.457 e. The molecule has 1 aromatic heterocycles. The molecule has 0 bridgehead atoms. The van der Waals surface area contributed by atoms with E-state index in [1.165, 1.54) is 18.2 Å². The lowest BCUT2D eigenvalue weighted by atomic mass is 10.1. The van der Waals surface area contributed by atoms with Crippen LogP contribution in [0.4, 0.5) is 5.69 Å². The van der Waals surface area contributed by atoms with E-state index in [-0.39, 0.29) is 5.56 Å². The van der Waals surface area contributed by atoms with Gasteiger partial charge in [0.1, 0.15) is 11.5 Å². The van der Waals surface area contributed by atoms with Gasteiger partial charge in [-0.3, -0.25) is 9.59 Å². The van der Waals surface area contributed by atoms with E-state index >= 15 is 0 Å². The molecule has 0 saturated heterocycles. The molecule has 1 heterocycles. The van der Waals surface area contributed by atoms with Crippen molar-refractivity contribution in [1.82, 2.24) is 0 Å². The number of benzene rings is 2. The molecule has 27 heavy (non-hydrogen) atoms. The maximum absolute atomic E-state index is 12.1. The van der Waals surface area contributed by atoms with E-state index in [1.54, 1.807) is 48.5 Å². The highest BCUT2D eigenvalue weighted by molar-refractivity contribution is 6.36. The Morgan fingerprint density at radius 2 is 1.81 bits per heavy atom. The minimum absolute atomic E-state index is 0.233. The lowest BCUT2D eigenvalue weighted by Gasteiger charge is -2.06. The number of hydrogen-bond donors (Lipinski definition) is 2. The van der Waals surface area contributed by atoms with Gasteiger partial charge < -0.3 is 15.5 Å². The third-order valence-electron chi connectivity index (χ3n) is 3.67. The zero-order chi connectivity index (χ0) is 19.4. The summed E-state index contributed by atoms with van der Waals surface area (Å²) in [5.74, 6) is -0.0262. The summed E-state index contributed by atoms with van der Waals surface area (Å²) < 4.78 is 5.68. The van der Waals surface area contributed by atoms with Crippen LogP contribution in [-0.2, 0) is 4.79 Å². The average molecular weight is 401 g/mol. The van der Waals surface area contributed by atoms with Crippen LogP contribution in [0.2, 0.25) is 10.0 Å². The number of carbonyl (C=O) groups is 2. The smallest absolute Gasteiger partial charge is 0.250 e. The monoisotopic (exact) mass is 400 g/mol. The standard InChI is InChI=1S/C20H14Cl2N2O3/c21-12-5-8-14(16(22)11-12)18-9-6-13(27-18)7-10-19(25)24-17-4-2-1-3-15(17)20(23)26/h1-11H,(H2,23,26)(H,24,25)/b10-7+. The van der Waals surface area contributed by atoms with Crippen LogP contribution in [0, 0.1) is 0 Å². The highest BCUT2D eigenvalue weighted by Gasteiger charge is 2.10. The molecule has 3 N–H and O–H groups in total. The Morgan fingerprint density at radius 1 is 1.04 bits per heavy atom.